The molecule has 0 fully saturated rings. The third kappa shape index (κ3) is 3.31. The normalized spacial score (nSPS) is 11.3. The van der Waals surface area contributed by atoms with Crippen LogP contribution < -0.4 is 4.74 Å². The molecule has 4 aromatic rings. The van der Waals surface area contributed by atoms with Crippen molar-refractivity contribution in [2.45, 2.75) is 33.6 Å². The first kappa shape index (κ1) is 18.9. The van der Waals surface area contributed by atoms with Gasteiger partial charge in [0.25, 0.3) is 0 Å². The molecule has 6 heteroatoms. The zero-order chi connectivity index (χ0) is 20.5. The average molecular weight is 389 g/mol. The second kappa shape index (κ2) is 7.54. The molecule has 6 nitrogen and oxygen atoms in total. The van der Waals surface area contributed by atoms with Gasteiger partial charge in [-0.25, -0.2) is 14.8 Å². The molecule has 3 heterocycles. The summed E-state index contributed by atoms with van der Waals surface area (Å²) >= 11 is 0. The van der Waals surface area contributed by atoms with Crippen LogP contribution in [-0.4, -0.2) is 32.1 Å². The van der Waals surface area contributed by atoms with Crippen molar-refractivity contribution in [2.75, 3.05) is 6.61 Å². The van der Waals surface area contributed by atoms with Crippen molar-refractivity contribution >= 4 is 22.5 Å². The zero-order valence-electron chi connectivity index (χ0n) is 16.8. The van der Waals surface area contributed by atoms with Crippen molar-refractivity contribution in [3.8, 4) is 17.1 Å². The summed E-state index contributed by atoms with van der Waals surface area (Å²) in [5.41, 5.74) is 4.98. The van der Waals surface area contributed by atoms with E-state index >= 15 is 0 Å². The first-order chi connectivity index (χ1) is 14.0. The van der Waals surface area contributed by atoms with Crippen LogP contribution in [0.2, 0.25) is 0 Å². The molecule has 0 aliphatic carbocycles. The van der Waals surface area contributed by atoms with Gasteiger partial charge in [-0.2, -0.15) is 0 Å². The topological polar surface area (TPSA) is 76.7 Å². The summed E-state index contributed by atoms with van der Waals surface area (Å²) in [5.74, 6) is -0.435. The van der Waals surface area contributed by atoms with Gasteiger partial charge in [0.15, 0.2) is 0 Å². The Morgan fingerprint density at radius 1 is 1.21 bits per heavy atom. The summed E-state index contributed by atoms with van der Waals surface area (Å²) in [6.07, 6.45) is 5.56. The van der Waals surface area contributed by atoms with E-state index in [1.165, 1.54) is 0 Å². The number of benzene rings is 1. The highest BCUT2D eigenvalue weighted by molar-refractivity contribution is 6.07. The van der Waals surface area contributed by atoms with E-state index < -0.39 is 5.97 Å². The average Bonchev–Trinajstić information content (AvgIpc) is 3.05. The molecule has 0 saturated heterocycles. The lowest BCUT2D eigenvalue weighted by molar-refractivity contribution is 0.0698. The molecule has 1 aromatic carbocycles. The van der Waals surface area contributed by atoms with Gasteiger partial charge in [-0.1, -0.05) is 19.4 Å². The molecule has 0 atom stereocenters. The van der Waals surface area contributed by atoms with Gasteiger partial charge >= 0.3 is 5.97 Å². The summed E-state index contributed by atoms with van der Waals surface area (Å²) < 4.78 is 7.85. The molecule has 3 aromatic heterocycles. The number of carboxylic acid groups (broad SMARTS) is 1. The van der Waals surface area contributed by atoms with E-state index in [-0.39, 0.29) is 5.56 Å². The predicted octanol–water partition coefficient (Wildman–Crippen LogP) is 5.04. The molecule has 1 N–H and O–H groups in total. The van der Waals surface area contributed by atoms with E-state index in [4.69, 9.17) is 9.72 Å². The minimum absolute atomic E-state index is 0.193. The van der Waals surface area contributed by atoms with Crippen LogP contribution in [0.1, 0.15) is 41.3 Å². The molecule has 0 bridgehead atoms. The maximum Gasteiger partial charge on any atom is 0.336 e. The number of aromatic nitrogens is 3. The number of ether oxygens (including phenoxy) is 1. The standard InChI is InChI=1S/C23H23N3O3/c1-4-5-11-29-18-8-7-14(2)21-20(18)16(23(27)28)13-17(25-21)22-15(3)12-19-24-9-6-10-26(19)22/h6-10,12-13H,4-5,11H2,1-3H3,(H,27,28). The van der Waals surface area contributed by atoms with Crippen LogP contribution in [-0.2, 0) is 0 Å². The number of aryl methyl sites for hydroxylation is 2. The largest absolute Gasteiger partial charge is 0.493 e. The van der Waals surface area contributed by atoms with Gasteiger partial charge in [0, 0.05) is 12.4 Å². The van der Waals surface area contributed by atoms with E-state index in [2.05, 4.69) is 11.9 Å². The number of unbranched alkanes of at least 4 members (excludes halogenated alkanes) is 1. The Balaban J connectivity index is 1.99. The van der Waals surface area contributed by atoms with Gasteiger partial charge in [-0.15, -0.1) is 0 Å². The summed E-state index contributed by atoms with van der Waals surface area (Å²) in [4.78, 5) is 21.4. The number of pyridine rings is 1. The number of carboxylic acids is 1. The van der Waals surface area contributed by atoms with Crippen molar-refractivity contribution in [1.29, 1.82) is 0 Å². The summed E-state index contributed by atoms with van der Waals surface area (Å²) in [7, 11) is 0. The van der Waals surface area contributed by atoms with E-state index in [0.29, 0.717) is 29.0 Å². The first-order valence-electron chi connectivity index (χ1n) is 9.74. The fourth-order valence-electron chi connectivity index (χ4n) is 3.64. The van der Waals surface area contributed by atoms with Crippen molar-refractivity contribution in [1.82, 2.24) is 14.4 Å². The van der Waals surface area contributed by atoms with Crippen LogP contribution in [0.5, 0.6) is 5.75 Å². The second-order valence-electron chi connectivity index (χ2n) is 7.19. The Bertz CT molecular complexity index is 1230. The molecule has 0 unspecified atom stereocenters. The Morgan fingerprint density at radius 3 is 2.79 bits per heavy atom. The number of carbonyl (C=O) groups is 1. The monoisotopic (exact) mass is 389 g/mol. The molecular formula is C23H23N3O3. The molecule has 0 spiro atoms. The minimum atomic E-state index is -0.999. The van der Waals surface area contributed by atoms with Gasteiger partial charge in [-0.05, 0) is 55.7 Å². The molecule has 4 rings (SSSR count). The van der Waals surface area contributed by atoms with E-state index in [1.807, 2.05) is 48.7 Å². The quantitative estimate of drug-likeness (QED) is 0.467. The highest BCUT2D eigenvalue weighted by Gasteiger charge is 2.20. The molecule has 148 valence electrons. The molecule has 0 aliphatic rings. The molecule has 0 aliphatic heterocycles. The summed E-state index contributed by atoms with van der Waals surface area (Å²) in [6, 6.07) is 9.22. The van der Waals surface area contributed by atoms with Crippen LogP contribution in [0, 0.1) is 13.8 Å². The van der Waals surface area contributed by atoms with Crippen molar-refractivity contribution in [2.24, 2.45) is 0 Å². The summed E-state index contributed by atoms with van der Waals surface area (Å²) in [5, 5.41) is 10.5. The van der Waals surface area contributed by atoms with Crippen LogP contribution in [0.25, 0.3) is 27.9 Å². The maximum absolute atomic E-state index is 12.2. The number of fused-ring (bicyclic) bond motifs is 2. The first-order valence-corrected chi connectivity index (χ1v) is 9.74. The number of hydrogen-bond acceptors (Lipinski definition) is 4. The molecule has 0 saturated carbocycles. The fourth-order valence-corrected chi connectivity index (χ4v) is 3.64. The molecule has 0 amide bonds. The Morgan fingerprint density at radius 2 is 2.03 bits per heavy atom. The van der Waals surface area contributed by atoms with Crippen molar-refractivity contribution in [3.63, 3.8) is 0 Å². The highest BCUT2D eigenvalue weighted by Crippen LogP contribution is 2.35. The van der Waals surface area contributed by atoms with Crippen LogP contribution in [0.4, 0.5) is 0 Å². The zero-order valence-corrected chi connectivity index (χ0v) is 16.8. The maximum atomic E-state index is 12.2. The third-order valence-electron chi connectivity index (χ3n) is 5.09. The lowest BCUT2D eigenvalue weighted by atomic mass is 10.0. The number of nitrogens with zero attached hydrogens (tertiary/aromatic N) is 3. The number of aromatic carboxylic acids is 1. The highest BCUT2D eigenvalue weighted by atomic mass is 16.5. The SMILES string of the molecule is CCCCOc1ccc(C)c2nc(-c3c(C)cc4ncccn34)cc(C(=O)O)c12. The Hall–Kier alpha value is -3.41. The molecule has 29 heavy (non-hydrogen) atoms. The predicted molar refractivity (Wildman–Crippen MR) is 113 cm³/mol. The van der Waals surface area contributed by atoms with Gasteiger partial charge in [-0.3, -0.25) is 4.40 Å². The van der Waals surface area contributed by atoms with E-state index in [1.54, 1.807) is 12.3 Å². The second-order valence-corrected chi connectivity index (χ2v) is 7.19. The van der Waals surface area contributed by atoms with E-state index in [0.717, 1.165) is 35.3 Å². The summed E-state index contributed by atoms with van der Waals surface area (Å²) in [6.45, 7) is 6.55. The fraction of sp³-hybridized carbons (Fsp3) is 0.261. The number of rotatable bonds is 6. The van der Waals surface area contributed by atoms with E-state index in [9.17, 15) is 9.90 Å². The lowest BCUT2D eigenvalue weighted by Crippen LogP contribution is -2.05. The van der Waals surface area contributed by atoms with Crippen LogP contribution in [0.15, 0.2) is 42.7 Å². The van der Waals surface area contributed by atoms with Crippen LogP contribution in [0.3, 0.4) is 0 Å². The third-order valence-corrected chi connectivity index (χ3v) is 5.09. The molecular weight excluding hydrogens is 366 g/mol. The molecule has 0 radical (unpaired) electrons. The Labute approximate surface area is 168 Å². The lowest BCUT2D eigenvalue weighted by Gasteiger charge is -2.14. The van der Waals surface area contributed by atoms with Gasteiger partial charge in [0.1, 0.15) is 11.4 Å². The van der Waals surface area contributed by atoms with Crippen molar-refractivity contribution < 1.29 is 14.6 Å². The van der Waals surface area contributed by atoms with Gasteiger partial charge < -0.3 is 9.84 Å². The van der Waals surface area contributed by atoms with Crippen LogP contribution >= 0.6 is 0 Å². The van der Waals surface area contributed by atoms with Gasteiger partial charge in [0.2, 0.25) is 0 Å². The van der Waals surface area contributed by atoms with Gasteiger partial charge in [0.05, 0.1) is 34.5 Å². The van der Waals surface area contributed by atoms with Crippen molar-refractivity contribution in [3.05, 3.63) is 59.4 Å². The minimum Gasteiger partial charge on any atom is -0.493 e. The smallest absolute Gasteiger partial charge is 0.336 e. The number of hydrogen-bond donors (Lipinski definition) is 1. The Kier molecular flexibility index (Phi) is 4.92.